The summed E-state index contributed by atoms with van der Waals surface area (Å²) in [4.78, 5) is 15.3. The molecule has 3 aromatic rings. The summed E-state index contributed by atoms with van der Waals surface area (Å²) in [6.07, 6.45) is 11.8. The van der Waals surface area contributed by atoms with Gasteiger partial charge in [-0.15, -0.1) is 0 Å². The molecule has 146 valence electrons. The van der Waals surface area contributed by atoms with E-state index in [0.29, 0.717) is 18.1 Å². The maximum atomic E-state index is 13.8. The summed E-state index contributed by atoms with van der Waals surface area (Å²) in [5.74, 6) is 1.20. The van der Waals surface area contributed by atoms with Gasteiger partial charge in [0.15, 0.2) is 0 Å². The smallest absolute Gasteiger partial charge is 0.214 e. The fourth-order valence-electron chi connectivity index (χ4n) is 3.39. The lowest BCUT2D eigenvalue weighted by Crippen LogP contribution is -2.30. The number of allylic oxidation sites excluding steroid dienone is 3. The van der Waals surface area contributed by atoms with Crippen LogP contribution in [0.4, 0.5) is 10.2 Å². The molecule has 0 fully saturated rings. The molecule has 1 aliphatic rings. The Kier molecular flexibility index (Phi) is 5.61. The number of halogens is 1. The standard InChI is InChI=1S/C23H21FN4O/c1-29-22-8-2-7-21(27-22)28(20-11-9-19(24)10-12-20)23(17-5-3-13-25-15-17)18-6-4-14-26-16-18/h2-9,11-16,19,23H,10H2,1H3. The van der Waals surface area contributed by atoms with Crippen LogP contribution in [-0.4, -0.2) is 28.2 Å². The summed E-state index contributed by atoms with van der Waals surface area (Å²) in [5.41, 5.74) is 2.81. The minimum atomic E-state index is -0.978. The molecular formula is C23H21FN4O. The van der Waals surface area contributed by atoms with Crippen LogP contribution in [0, 0.1) is 0 Å². The van der Waals surface area contributed by atoms with E-state index in [1.165, 1.54) is 0 Å². The van der Waals surface area contributed by atoms with Crippen LogP contribution in [0.2, 0.25) is 0 Å². The number of methoxy groups -OCH3 is 1. The van der Waals surface area contributed by atoms with Crippen molar-refractivity contribution in [2.45, 2.75) is 18.6 Å². The van der Waals surface area contributed by atoms with Gasteiger partial charge in [-0.25, -0.2) is 4.39 Å². The Bertz CT molecular complexity index is 968. The van der Waals surface area contributed by atoms with Crippen LogP contribution < -0.4 is 9.64 Å². The molecular weight excluding hydrogens is 367 g/mol. The molecule has 0 aromatic carbocycles. The minimum absolute atomic E-state index is 0.246. The van der Waals surface area contributed by atoms with Crippen molar-refractivity contribution in [1.82, 2.24) is 15.0 Å². The van der Waals surface area contributed by atoms with Gasteiger partial charge in [0.1, 0.15) is 12.0 Å². The van der Waals surface area contributed by atoms with Gasteiger partial charge in [-0.2, -0.15) is 4.98 Å². The Balaban J connectivity index is 1.90. The number of ether oxygens (including phenoxy) is 1. The SMILES string of the molecule is COc1cccc(N(C2=CCC(F)C=C2)C(c2cccnc2)c2cccnc2)n1. The van der Waals surface area contributed by atoms with Crippen LogP contribution in [0.5, 0.6) is 5.88 Å². The molecule has 1 aliphatic carbocycles. The van der Waals surface area contributed by atoms with Crippen molar-refractivity contribution in [2.24, 2.45) is 0 Å². The molecule has 1 atom stereocenters. The Morgan fingerprint density at radius 3 is 2.31 bits per heavy atom. The van der Waals surface area contributed by atoms with Crippen molar-refractivity contribution in [3.63, 3.8) is 0 Å². The van der Waals surface area contributed by atoms with E-state index in [1.807, 2.05) is 54.9 Å². The van der Waals surface area contributed by atoms with Gasteiger partial charge in [-0.05, 0) is 41.5 Å². The Morgan fingerprint density at radius 2 is 1.76 bits per heavy atom. The quantitative estimate of drug-likeness (QED) is 0.615. The zero-order chi connectivity index (χ0) is 20.1. The van der Waals surface area contributed by atoms with Gasteiger partial charge >= 0.3 is 0 Å². The molecule has 0 amide bonds. The molecule has 0 aliphatic heterocycles. The van der Waals surface area contributed by atoms with E-state index in [4.69, 9.17) is 4.74 Å². The van der Waals surface area contributed by atoms with E-state index in [-0.39, 0.29) is 6.04 Å². The second kappa shape index (κ2) is 8.65. The van der Waals surface area contributed by atoms with E-state index in [2.05, 4.69) is 19.9 Å². The predicted molar refractivity (Wildman–Crippen MR) is 110 cm³/mol. The fourth-order valence-corrected chi connectivity index (χ4v) is 3.39. The lowest BCUT2D eigenvalue weighted by atomic mass is 9.97. The number of rotatable bonds is 6. The van der Waals surface area contributed by atoms with Gasteiger partial charge < -0.3 is 9.64 Å². The fraction of sp³-hybridized carbons (Fsp3) is 0.174. The lowest BCUT2D eigenvalue weighted by Gasteiger charge is -2.35. The van der Waals surface area contributed by atoms with Crippen LogP contribution >= 0.6 is 0 Å². The monoisotopic (exact) mass is 388 g/mol. The van der Waals surface area contributed by atoms with Gasteiger partial charge in [0.25, 0.3) is 0 Å². The first-order chi connectivity index (χ1) is 14.3. The summed E-state index contributed by atoms with van der Waals surface area (Å²) in [6.45, 7) is 0. The average Bonchev–Trinajstić information content (AvgIpc) is 2.79. The first-order valence-corrected chi connectivity index (χ1v) is 9.39. The molecule has 0 spiro atoms. The highest BCUT2D eigenvalue weighted by molar-refractivity contribution is 5.57. The van der Waals surface area contributed by atoms with Gasteiger partial charge in [-0.3, -0.25) is 9.97 Å². The zero-order valence-electron chi connectivity index (χ0n) is 16.0. The van der Waals surface area contributed by atoms with Gasteiger partial charge in [-0.1, -0.05) is 24.3 Å². The summed E-state index contributed by atoms with van der Waals surface area (Å²) in [6, 6.07) is 13.2. The van der Waals surface area contributed by atoms with Crippen molar-refractivity contribution in [2.75, 3.05) is 12.0 Å². The topological polar surface area (TPSA) is 51.1 Å². The first-order valence-electron chi connectivity index (χ1n) is 9.39. The molecule has 0 saturated heterocycles. The maximum absolute atomic E-state index is 13.8. The molecule has 0 N–H and O–H groups in total. The van der Waals surface area contributed by atoms with Crippen LogP contribution in [0.3, 0.4) is 0 Å². The van der Waals surface area contributed by atoms with Crippen LogP contribution in [-0.2, 0) is 0 Å². The third-order valence-corrected chi connectivity index (χ3v) is 4.73. The predicted octanol–water partition coefficient (Wildman–Crippen LogP) is 4.66. The average molecular weight is 388 g/mol. The number of anilines is 1. The molecule has 3 aromatic heterocycles. The van der Waals surface area contributed by atoms with Crippen molar-refractivity contribution in [3.8, 4) is 5.88 Å². The van der Waals surface area contributed by atoms with Gasteiger partial charge in [0.05, 0.1) is 13.2 Å². The first kappa shape index (κ1) is 18.8. The number of aromatic nitrogens is 3. The second-order valence-corrected chi connectivity index (χ2v) is 6.62. The zero-order valence-corrected chi connectivity index (χ0v) is 16.0. The van der Waals surface area contributed by atoms with Gasteiger partial charge in [0, 0.05) is 43.0 Å². The maximum Gasteiger partial charge on any atom is 0.214 e. The van der Waals surface area contributed by atoms with E-state index in [9.17, 15) is 4.39 Å². The van der Waals surface area contributed by atoms with Crippen LogP contribution in [0.15, 0.2) is 91.2 Å². The molecule has 1 unspecified atom stereocenters. The van der Waals surface area contributed by atoms with E-state index in [1.54, 1.807) is 37.7 Å². The normalized spacial score (nSPS) is 15.8. The Morgan fingerprint density at radius 1 is 1.03 bits per heavy atom. The molecule has 6 heteroatoms. The molecule has 0 saturated carbocycles. The highest BCUT2D eigenvalue weighted by Gasteiger charge is 2.28. The van der Waals surface area contributed by atoms with Crippen LogP contribution in [0.1, 0.15) is 23.6 Å². The summed E-state index contributed by atoms with van der Waals surface area (Å²) < 4.78 is 19.1. The number of pyridine rings is 3. The number of hydrogen-bond donors (Lipinski definition) is 0. The molecule has 0 radical (unpaired) electrons. The molecule has 4 rings (SSSR count). The third-order valence-electron chi connectivity index (χ3n) is 4.73. The second-order valence-electron chi connectivity index (χ2n) is 6.62. The third kappa shape index (κ3) is 4.16. The molecule has 5 nitrogen and oxygen atoms in total. The largest absolute Gasteiger partial charge is 0.481 e. The Labute approximate surface area is 169 Å². The van der Waals surface area contributed by atoms with Crippen molar-refractivity contribution >= 4 is 5.82 Å². The lowest BCUT2D eigenvalue weighted by molar-refractivity contribution is 0.397. The highest BCUT2D eigenvalue weighted by Crippen LogP contribution is 2.36. The number of hydrogen-bond acceptors (Lipinski definition) is 5. The molecule has 3 heterocycles. The van der Waals surface area contributed by atoms with E-state index >= 15 is 0 Å². The molecule has 29 heavy (non-hydrogen) atoms. The Hall–Kier alpha value is -3.54. The number of nitrogens with zero attached hydrogens (tertiary/aromatic N) is 4. The van der Waals surface area contributed by atoms with Gasteiger partial charge in [0.2, 0.25) is 5.88 Å². The van der Waals surface area contributed by atoms with Crippen molar-refractivity contribution in [3.05, 3.63) is 102 Å². The van der Waals surface area contributed by atoms with E-state index < -0.39 is 6.17 Å². The van der Waals surface area contributed by atoms with Crippen molar-refractivity contribution < 1.29 is 9.13 Å². The highest BCUT2D eigenvalue weighted by atomic mass is 19.1. The molecule has 0 bridgehead atoms. The summed E-state index contributed by atoms with van der Waals surface area (Å²) in [7, 11) is 1.59. The summed E-state index contributed by atoms with van der Waals surface area (Å²) >= 11 is 0. The van der Waals surface area contributed by atoms with E-state index in [0.717, 1.165) is 16.8 Å². The van der Waals surface area contributed by atoms with Crippen molar-refractivity contribution in [1.29, 1.82) is 0 Å². The van der Waals surface area contributed by atoms with Crippen LogP contribution in [0.25, 0.3) is 0 Å². The summed E-state index contributed by atoms with van der Waals surface area (Å²) in [5, 5.41) is 0. The minimum Gasteiger partial charge on any atom is -0.481 e. The number of alkyl halides is 1.